The number of carbonyl (C=O) groups excluding carboxylic acids is 1. The highest BCUT2D eigenvalue weighted by Crippen LogP contribution is 2.31. The minimum absolute atomic E-state index is 0.234. The average Bonchev–Trinajstić information content (AvgIpc) is 2.72. The number of hydrogen-bond donors (Lipinski definition) is 3. The van der Waals surface area contributed by atoms with E-state index in [1.54, 1.807) is 25.1 Å². The van der Waals surface area contributed by atoms with Gasteiger partial charge in [-0.3, -0.25) is 9.52 Å². The minimum atomic E-state index is -3.62. The molecule has 3 rings (SSSR count). The zero-order valence-electron chi connectivity index (χ0n) is 16.8. The standard InChI is InChI=1S/C23H25N3O3S/c1-2-25-30(28,29)26-21-10-6-9-19(16-21)22-13-11-18(17-7-4-3-5-8-17)15-20(22)12-14-23(24)27/h3-11,13,15-16,25-26H,2,12,14H2,1H3,(H2,24,27). The zero-order chi connectivity index (χ0) is 21.6. The molecule has 30 heavy (non-hydrogen) atoms. The first-order valence-electron chi connectivity index (χ1n) is 9.72. The summed E-state index contributed by atoms with van der Waals surface area (Å²) in [5.74, 6) is -0.363. The van der Waals surface area contributed by atoms with Gasteiger partial charge in [0, 0.05) is 13.0 Å². The van der Waals surface area contributed by atoms with Gasteiger partial charge in [0.25, 0.3) is 10.2 Å². The Hall–Kier alpha value is -3.16. The van der Waals surface area contributed by atoms with E-state index in [-0.39, 0.29) is 12.3 Å². The Labute approximate surface area is 177 Å². The van der Waals surface area contributed by atoms with Crippen LogP contribution < -0.4 is 15.2 Å². The number of amides is 1. The fraction of sp³-hybridized carbons (Fsp3) is 0.174. The highest BCUT2D eigenvalue weighted by molar-refractivity contribution is 7.90. The molecule has 0 atom stereocenters. The van der Waals surface area contributed by atoms with E-state index < -0.39 is 10.2 Å². The molecule has 3 aromatic carbocycles. The summed E-state index contributed by atoms with van der Waals surface area (Å²) in [6.45, 7) is 2.02. The molecule has 6 nitrogen and oxygen atoms in total. The Morgan fingerprint density at radius 1 is 0.900 bits per heavy atom. The second-order valence-electron chi connectivity index (χ2n) is 6.89. The van der Waals surface area contributed by atoms with Crippen LogP contribution in [-0.2, 0) is 21.4 Å². The Balaban J connectivity index is 2.00. The van der Waals surface area contributed by atoms with Crippen LogP contribution in [0.1, 0.15) is 18.9 Å². The summed E-state index contributed by atoms with van der Waals surface area (Å²) < 4.78 is 29.0. The molecule has 0 aliphatic carbocycles. The first kappa shape index (κ1) is 21.5. The van der Waals surface area contributed by atoms with E-state index >= 15 is 0 Å². The van der Waals surface area contributed by atoms with Crippen molar-refractivity contribution in [3.05, 3.63) is 78.4 Å². The molecule has 4 N–H and O–H groups in total. The van der Waals surface area contributed by atoms with Gasteiger partial charge in [0.1, 0.15) is 0 Å². The molecule has 0 saturated heterocycles. The number of primary amides is 1. The predicted molar refractivity (Wildman–Crippen MR) is 121 cm³/mol. The second-order valence-corrected chi connectivity index (χ2v) is 8.39. The first-order valence-corrected chi connectivity index (χ1v) is 11.2. The summed E-state index contributed by atoms with van der Waals surface area (Å²) in [6, 6.07) is 23.2. The smallest absolute Gasteiger partial charge is 0.299 e. The third-order valence-corrected chi connectivity index (χ3v) is 5.79. The van der Waals surface area contributed by atoms with Gasteiger partial charge in [0.15, 0.2) is 0 Å². The molecule has 0 bridgehead atoms. The maximum atomic E-state index is 12.0. The quantitative estimate of drug-likeness (QED) is 0.489. The van der Waals surface area contributed by atoms with Gasteiger partial charge in [-0.1, -0.05) is 67.6 Å². The molecule has 1 amide bonds. The van der Waals surface area contributed by atoms with Crippen LogP contribution >= 0.6 is 0 Å². The predicted octanol–water partition coefficient (Wildman–Crippen LogP) is 3.70. The van der Waals surface area contributed by atoms with Gasteiger partial charge < -0.3 is 5.73 Å². The van der Waals surface area contributed by atoms with Gasteiger partial charge >= 0.3 is 0 Å². The van der Waals surface area contributed by atoms with Crippen LogP contribution in [0, 0.1) is 0 Å². The molecule has 0 aliphatic heterocycles. The lowest BCUT2D eigenvalue weighted by Crippen LogP contribution is -2.29. The number of nitrogens with two attached hydrogens (primary N) is 1. The van der Waals surface area contributed by atoms with Crippen molar-refractivity contribution in [3.8, 4) is 22.3 Å². The van der Waals surface area contributed by atoms with Crippen LogP contribution in [-0.4, -0.2) is 20.9 Å². The van der Waals surface area contributed by atoms with Crippen molar-refractivity contribution in [2.24, 2.45) is 5.73 Å². The number of rotatable bonds is 9. The van der Waals surface area contributed by atoms with E-state index in [1.165, 1.54) is 0 Å². The van der Waals surface area contributed by atoms with Gasteiger partial charge in [-0.15, -0.1) is 0 Å². The van der Waals surface area contributed by atoms with Crippen molar-refractivity contribution in [2.75, 3.05) is 11.3 Å². The molecule has 0 spiro atoms. The molecular formula is C23H25N3O3S. The van der Waals surface area contributed by atoms with E-state index in [4.69, 9.17) is 5.73 Å². The molecule has 0 radical (unpaired) electrons. The van der Waals surface area contributed by atoms with Crippen LogP contribution in [0.15, 0.2) is 72.8 Å². The molecule has 0 saturated carbocycles. The number of carbonyl (C=O) groups is 1. The van der Waals surface area contributed by atoms with Crippen LogP contribution in [0.5, 0.6) is 0 Å². The van der Waals surface area contributed by atoms with E-state index in [0.29, 0.717) is 18.7 Å². The van der Waals surface area contributed by atoms with Crippen molar-refractivity contribution in [3.63, 3.8) is 0 Å². The summed E-state index contributed by atoms with van der Waals surface area (Å²) in [5.41, 5.74) is 10.7. The molecule has 0 heterocycles. The third kappa shape index (κ3) is 5.68. The number of hydrogen-bond acceptors (Lipinski definition) is 3. The molecular weight excluding hydrogens is 398 g/mol. The largest absolute Gasteiger partial charge is 0.370 e. The van der Waals surface area contributed by atoms with Crippen molar-refractivity contribution >= 4 is 21.8 Å². The van der Waals surface area contributed by atoms with Gasteiger partial charge in [-0.05, 0) is 46.4 Å². The molecule has 0 aromatic heterocycles. The van der Waals surface area contributed by atoms with Crippen molar-refractivity contribution in [1.29, 1.82) is 0 Å². The third-order valence-electron chi connectivity index (χ3n) is 4.61. The SMILES string of the molecule is CCNS(=O)(=O)Nc1cccc(-c2ccc(-c3ccccc3)cc2CCC(N)=O)c1. The molecule has 0 unspecified atom stereocenters. The van der Waals surface area contributed by atoms with E-state index in [0.717, 1.165) is 27.8 Å². The summed E-state index contributed by atoms with van der Waals surface area (Å²) in [5, 5.41) is 0. The zero-order valence-corrected chi connectivity index (χ0v) is 17.6. The lowest BCUT2D eigenvalue weighted by molar-refractivity contribution is -0.117. The summed E-state index contributed by atoms with van der Waals surface area (Å²) in [6.07, 6.45) is 0.733. The highest BCUT2D eigenvalue weighted by Gasteiger charge is 2.12. The minimum Gasteiger partial charge on any atom is -0.370 e. The summed E-state index contributed by atoms with van der Waals surface area (Å²) in [4.78, 5) is 11.4. The van der Waals surface area contributed by atoms with Crippen LogP contribution in [0.25, 0.3) is 22.3 Å². The lowest BCUT2D eigenvalue weighted by atomic mass is 9.92. The van der Waals surface area contributed by atoms with Crippen molar-refractivity contribution in [2.45, 2.75) is 19.8 Å². The molecule has 7 heteroatoms. The van der Waals surface area contributed by atoms with Crippen molar-refractivity contribution < 1.29 is 13.2 Å². The Morgan fingerprint density at radius 3 is 2.33 bits per heavy atom. The average molecular weight is 424 g/mol. The molecule has 0 fully saturated rings. The molecule has 156 valence electrons. The summed E-state index contributed by atoms with van der Waals surface area (Å²) in [7, 11) is -3.62. The number of anilines is 1. The highest BCUT2D eigenvalue weighted by atomic mass is 32.2. The fourth-order valence-corrected chi connectivity index (χ4v) is 4.17. The number of nitrogens with one attached hydrogen (secondary N) is 2. The first-order chi connectivity index (χ1) is 14.4. The Kier molecular flexibility index (Phi) is 6.87. The second kappa shape index (κ2) is 9.56. The van der Waals surface area contributed by atoms with Crippen LogP contribution in [0.2, 0.25) is 0 Å². The van der Waals surface area contributed by atoms with E-state index in [9.17, 15) is 13.2 Å². The fourth-order valence-electron chi connectivity index (χ4n) is 3.28. The number of benzene rings is 3. The Bertz CT molecular complexity index is 1130. The van der Waals surface area contributed by atoms with Crippen LogP contribution in [0.4, 0.5) is 5.69 Å². The number of aryl methyl sites for hydroxylation is 1. The lowest BCUT2D eigenvalue weighted by Gasteiger charge is -2.14. The monoisotopic (exact) mass is 423 g/mol. The van der Waals surface area contributed by atoms with Gasteiger partial charge in [0.05, 0.1) is 5.69 Å². The normalized spacial score (nSPS) is 11.2. The van der Waals surface area contributed by atoms with Gasteiger partial charge in [-0.2, -0.15) is 13.1 Å². The van der Waals surface area contributed by atoms with Crippen molar-refractivity contribution in [1.82, 2.24) is 4.72 Å². The van der Waals surface area contributed by atoms with E-state index in [1.807, 2.05) is 48.5 Å². The maximum absolute atomic E-state index is 12.0. The van der Waals surface area contributed by atoms with Crippen LogP contribution in [0.3, 0.4) is 0 Å². The Morgan fingerprint density at radius 2 is 1.63 bits per heavy atom. The maximum Gasteiger partial charge on any atom is 0.299 e. The van der Waals surface area contributed by atoms with E-state index in [2.05, 4.69) is 15.5 Å². The topological polar surface area (TPSA) is 101 Å². The van der Waals surface area contributed by atoms with Gasteiger partial charge in [0.2, 0.25) is 5.91 Å². The molecule has 3 aromatic rings. The summed E-state index contributed by atoms with van der Waals surface area (Å²) >= 11 is 0. The molecule has 0 aliphatic rings. The van der Waals surface area contributed by atoms with Gasteiger partial charge in [-0.25, -0.2) is 0 Å².